The minimum atomic E-state index is 0.227. The van der Waals surface area contributed by atoms with E-state index in [0.717, 1.165) is 11.5 Å². The predicted molar refractivity (Wildman–Crippen MR) is 61.5 cm³/mol. The number of imidazole rings is 1. The molecule has 0 unspecified atom stereocenters. The van der Waals surface area contributed by atoms with Gasteiger partial charge in [-0.05, 0) is 25.6 Å². The molecular weight excluding hydrogens is 202 g/mol. The lowest BCUT2D eigenvalue weighted by atomic mass is 10.2. The van der Waals surface area contributed by atoms with Crippen LogP contribution in [0.1, 0.15) is 37.5 Å². The van der Waals surface area contributed by atoms with Crippen molar-refractivity contribution in [3.63, 3.8) is 0 Å². The van der Waals surface area contributed by atoms with Crippen molar-refractivity contribution in [1.82, 2.24) is 19.5 Å². The van der Waals surface area contributed by atoms with Crippen LogP contribution in [-0.2, 0) is 0 Å². The first-order valence-corrected chi connectivity index (χ1v) is 5.68. The van der Waals surface area contributed by atoms with Crippen LogP contribution in [0.25, 0.3) is 16.9 Å². The molecule has 1 fully saturated rings. The van der Waals surface area contributed by atoms with Crippen LogP contribution >= 0.6 is 0 Å². The molecule has 84 valence electrons. The average Bonchev–Trinajstić information content (AvgIpc) is 2.85. The van der Waals surface area contributed by atoms with Crippen molar-refractivity contribution >= 4 is 17.0 Å². The van der Waals surface area contributed by atoms with Crippen molar-refractivity contribution in [2.45, 2.75) is 38.6 Å². The molecule has 1 N–H and O–H groups in total. The van der Waals surface area contributed by atoms with Crippen LogP contribution in [0.4, 0.5) is 5.82 Å². The van der Waals surface area contributed by atoms with Gasteiger partial charge in [0.05, 0.1) is 0 Å². The van der Waals surface area contributed by atoms with Gasteiger partial charge in [0.2, 0.25) is 0 Å². The Balaban J connectivity index is 2.22. The highest BCUT2D eigenvalue weighted by Gasteiger charge is 2.21. The summed E-state index contributed by atoms with van der Waals surface area (Å²) in [4.78, 5) is 12.6. The summed E-state index contributed by atoms with van der Waals surface area (Å²) in [7, 11) is 0. The fraction of sp³-hybridized carbons (Fsp3) is 0.545. The van der Waals surface area contributed by atoms with Gasteiger partial charge in [0.1, 0.15) is 11.3 Å². The normalized spacial score (nSPS) is 17.3. The van der Waals surface area contributed by atoms with E-state index in [0.29, 0.717) is 11.6 Å². The molecule has 2 aromatic heterocycles. The summed E-state index contributed by atoms with van der Waals surface area (Å²) in [6, 6.07) is 0.513. The van der Waals surface area contributed by atoms with Crippen molar-refractivity contribution in [1.29, 1.82) is 0 Å². The number of nitrogens with one attached hydrogen (secondary N) is 1. The summed E-state index contributed by atoms with van der Waals surface area (Å²) in [5.41, 5.74) is 9.17. The van der Waals surface area contributed by atoms with Gasteiger partial charge in [-0.25, -0.2) is 9.97 Å². The molecule has 0 aliphatic heterocycles. The summed E-state index contributed by atoms with van der Waals surface area (Å²) in [6.07, 6.45) is 6.41. The van der Waals surface area contributed by atoms with Crippen LogP contribution in [0.2, 0.25) is 0 Å². The van der Waals surface area contributed by atoms with Crippen molar-refractivity contribution in [3.05, 3.63) is 17.9 Å². The Kier molecular flexibility index (Phi) is 2.05. The van der Waals surface area contributed by atoms with Crippen molar-refractivity contribution in [2.75, 3.05) is 0 Å². The molecule has 0 saturated heterocycles. The molecule has 1 aliphatic carbocycles. The summed E-state index contributed by atoms with van der Waals surface area (Å²) >= 11 is 0. The predicted octanol–water partition coefficient (Wildman–Crippen LogP) is 2.93. The maximum atomic E-state index is 7.72. The standard InChI is InChI=1S/C11H14N5/c1-7-15-9-10(12)13-6-14-11(9)16(7)8-4-2-3-5-8/h6,8H,2-5H2,1H3,(H-,12,13,14)/q-1. The van der Waals surface area contributed by atoms with Gasteiger partial charge in [-0.15, -0.1) is 0 Å². The molecule has 0 aromatic carbocycles. The van der Waals surface area contributed by atoms with E-state index in [1.165, 1.54) is 32.0 Å². The van der Waals surface area contributed by atoms with E-state index in [1.807, 2.05) is 6.92 Å². The van der Waals surface area contributed by atoms with E-state index in [4.69, 9.17) is 5.73 Å². The average molecular weight is 216 g/mol. The molecule has 5 heteroatoms. The lowest BCUT2D eigenvalue weighted by Gasteiger charge is -2.14. The van der Waals surface area contributed by atoms with E-state index < -0.39 is 0 Å². The zero-order valence-electron chi connectivity index (χ0n) is 9.27. The molecule has 0 amide bonds. The number of fused-ring (bicyclic) bond motifs is 1. The summed E-state index contributed by atoms with van der Waals surface area (Å²) < 4.78 is 2.18. The maximum absolute atomic E-state index is 7.72. The molecule has 1 aliphatic rings. The molecule has 0 atom stereocenters. The van der Waals surface area contributed by atoms with Crippen LogP contribution in [0, 0.1) is 6.92 Å². The minimum Gasteiger partial charge on any atom is -0.480 e. The van der Waals surface area contributed by atoms with E-state index >= 15 is 0 Å². The van der Waals surface area contributed by atoms with Crippen LogP contribution in [-0.4, -0.2) is 19.5 Å². The molecule has 2 aromatic rings. The van der Waals surface area contributed by atoms with Gasteiger partial charge in [-0.1, -0.05) is 12.8 Å². The van der Waals surface area contributed by atoms with Crippen LogP contribution < -0.4 is 0 Å². The van der Waals surface area contributed by atoms with Gasteiger partial charge in [-0.3, -0.25) is 0 Å². The first-order chi connectivity index (χ1) is 7.77. The highest BCUT2D eigenvalue weighted by molar-refractivity contribution is 5.83. The Labute approximate surface area is 93.7 Å². The molecule has 0 radical (unpaired) electrons. The zero-order chi connectivity index (χ0) is 11.1. The third kappa shape index (κ3) is 1.27. The number of hydrogen-bond acceptors (Lipinski definition) is 3. The Morgan fingerprint density at radius 1 is 1.31 bits per heavy atom. The van der Waals surface area contributed by atoms with Gasteiger partial charge in [0.15, 0.2) is 5.65 Å². The maximum Gasteiger partial charge on any atom is 0.159 e. The quantitative estimate of drug-likeness (QED) is 0.736. The smallest absolute Gasteiger partial charge is 0.159 e. The fourth-order valence-electron chi connectivity index (χ4n) is 2.62. The van der Waals surface area contributed by atoms with Crippen molar-refractivity contribution in [2.24, 2.45) is 0 Å². The van der Waals surface area contributed by atoms with Gasteiger partial charge >= 0.3 is 0 Å². The second-order valence-corrected chi connectivity index (χ2v) is 4.36. The first-order valence-electron chi connectivity index (χ1n) is 5.68. The van der Waals surface area contributed by atoms with Gasteiger partial charge < -0.3 is 15.3 Å². The Morgan fingerprint density at radius 3 is 2.81 bits per heavy atom. The number of rotatable bonds is 1. The molecular formula is C11H14N5-. The number of nitrogens with zero attached hydrogens (tertiary/aromatic N) is 4. The third-order valence-electron chi connectivity index (χ3n) is 3.34. The number of hydrogen-bond donors (Lipinski definition) is 0. The molecule has 5 nitrogen and oxygen atoms in total. The molecule has 3 rings (SSSR count). The highest BCUT2D eigenvalue weighted by Crippen LogP contribution is 2.33. The first kappa shape index (κ1) is 9.57. The second kappa shape index (κ2) is 3.43. The molecule has 0 bridgehead atoms. The van der Waals surface area contributed by atoms with Gasteiger partial charge in [0.25, 0.3) is 0 Å². The van der Waals surface area contributed by atoms with Crippen LogP contribution in [0.5, 0.6) is 0 Å². The number of aryl methyl sites for hydroxylation is 1. The lowest BCUT2D eigenvalue weighted by molar-refractivity contribution is 0.517. The lowest BCUT2D eigenvalue weighted by Crippen LogP contribution is -2.07. The summed E-state index contributed by atoms with van der Waals surface area (Å²) in [5, 5.41) is 0. The largest absolute Gasteiger partial charge is 0.480 e. The fourth-order valence-corrected chi connectivity index (χ4v) is 2.62. The second-order valence-electron chi connectivity index (χ2n) is 4.36. The summed E-state index contributed by atoms with van der Waals surface area (Å²) in [5.74, 6) is 1.18. The van der Waals surface area contributed by atoms with Gasteiger partial charge in [0, 0.05) is 12.4 Å². The molecule has 16 heavy (non-hydrogen) atoms. The monoisotopic (exact) mass is 216 g/mol. The zero-order valence-corrected chi connectivity index (χ0v) is 9.27. The van der Waals surface area contributed by atoms with E-state index in [-0.39, 0.29) is 5.82 Å². The number of aromatic nitrogens is 4. The van der Waals surface area contributed by atoms with E-state index in [1.54, 1.807) is 0 Å². The minimum absolute atomic E-state index is 0.227. The van der Waals surface area contributed by atoms with E-state index in [9.17, 15) is 0 Å². The Hall–Kier alpha value is -1.65. The highest BCUT2D eigenvalue weighted by atomic mass is 15.2. The summed E-state index contributed by atoms with van der Waals surface area (Å²) in [6.45, 7) is 1.99. The van der Waals surface area contributed by atoms with Crippen molar-refractivity contribution in [3.8, 4) is 0 Å². The third-order valence-corrected chi connectivity index (χ3v) is 3.34. The Morgan fingerprint density at radius 2 is 2.06 bits per heavy atom. The van der Waals surface area contributed by atoms with Crippen LogP contribution in [0.15, 0.2) is 6.33 Å². The topological polar surface area (TPSA) is 67.4 Å². The molecule has 1 saturated carbocycles. The Bertz CT molecular complexity index is 524. The van der Waals surface area contributed by atoms with Gasteiger partial charge in [-0.2, -0.15) is 0 Å². The molecule has 0 spiro atoms. The van der Waals surface area contributed by atoms with E-state index in [2.05, 4.69) is 19.5 Å². The van der Waals surface area contributed by atoms with Crippen molar-refractivity contribution < 1.29 is 0 Å². The van der Waals surface area contributed by atoms with Crippen LogP contribution in [0.3, 0.4) is 0 Å². The molecule has 2 heterocycles. The SMILES string of the molecule is Cc1nc2c([NH-])ncnc2n1C1CCCC1.